The van der Waals surface area contributed by atoms with Gasteiger partial charge in [-0.3, -0.25) is 0 Å². The average molecular weight is 351 g/mol. The van der Waals surface area contributed by atoms with Crippen molar-refractivity contribution in [2.24, 2.45) is 5.92 Å². The van der Waals surface area contributed by atoms with Crippen molar-refractivity contribution in [2.45, 2.75) is 37.7 Å². The van der Waals surface area contributed by atoms with Crippen molar-refractivity contribution in [1.29, 1.82) is 0 Å². The molecule has 0 unspecified atom stereocenters. The van der Waals surface area contributed by atoms with E-state index < -0.39 is 5.97 Å². The molecule has 1 N–H and O–H groups in total. The Bertz CT molecular complexity index is 600. The molecule has 5 nitrogen and oxygen atoms in total. The van der Waals surface area contributed by atoms with Crippen molar-refractivity contribution >= 4 is 17.3 Å². The Morgan fingerprint density at radius 1 is 1.29 bits per heavy atom. The van der Waals surface area contributed by atoms with Crippen LogP contribution in [0.15, 0.2) is 6.07 Å². The van der Waals surface area contributed by atoms with Crippen LogP contribution in [0, 0.1) is 5.92 Å². The molecule has 1 aromatic heterocycles. The molecule has 0 saturated carbocycles. The maximum absolute atomic E-state index is 11.3. The number of ether oxygens (including phenoxy) is 2. The van der Waals surface area contributed by atoms with Crippen molar-refractivity contribution in [1.82, 2.24) is 4.90 Å². The van der Waals surface area contributed by atoms with Gasteiger partial charge in [-0.25, -0.2) is 4.79 Å². The van der Waals surface area contributed by atoms with Crippen LogP contribution in [0.3, 0.4) is 0 Å². The monoisotopic (exact) mass is 351 g/mol. The molecular formula is C18H25NO4S. The van der Waals surface area contributed by atoms with Crippen LogP contribution < -0.4 is 0 Å². The van der Waals surface area contributed by atoms with Gasteiger partial charge in [0.1, 0.15) is 4.88 Å². The van der Waals surface area contributed by atoms with Crippen LogP contribution in [0.25, 0.3) is 0 Å². The van der Waals surface area contributed by atoms with Crippen LogP contribution in [-0.2, 0) is 21.5 Å². The van der Waals surface area contributed by atoms with E-state index in [0.29, 0.717) is 11.5 Å². The third kappa shape index (κ3) is 3.12. The first-order valence-electron chi connectivity index (χ1n) is 8.97. The number of thiophene rings is 1. The van der Waals surface area contributed by atoms with E-state index in [-0.39, 0.29) is 5.60 Å². The number of hydrogen-bond acceptors (Lipinski definition) is 5. The van der Waals surface area contributed by atoms with Crippen LogP contribution >= 0.6 is 11.3 Å². The zero-order chi connectivity index (χ0) is 16.6. The average Bonchev–Trinajstić information content (AvgIpc) is 3.04. The predicted molar refractivity (Wildman–Crippen MR) is 91.8 cm³/mol. The van der Waals surface area contributed by atoms with Gasteiger partial charge in [0.15, 0.2) is 0 Å². The van der Waals surface area contributed by atoms with Crippen molar-refractivity contribution in [3.05, 3.63) is 21.4 Å². The van der Waals surface area contributed by atoms with E-state index in [4.69, 9.17) is 9.47 Å². The highest BCUT2D eigenvalue weighted by Gasteiger charge is 2.42. The van der Waals surface area contributed by atoms with Gasteiger partial charge in [0.2, 0.25) is 0 Å². The second kappa shape index (κ2) is 6.75. The van der Waals surface area contributed by atoms with E-state index in [2.05, 4.69) is 4.90 Å². The molecule has 1 spiro atoms. The maximum Gasteiger partial charge on any atom is 0.345 e. The summed E-state index contributed by atoms with van der Waals surface area (Å²) >= 11 is 1.43. The number of fused-ring (bicyclic) bond motifs is 2. The second-order valence-corrected chi connectivity index (χ2v) is 8.34. The van der Waals surface area contributed by atoms with Crippen molar-refractivity contribution in [3.8, 4) is 0 Å². The van der Waals surface area contributed by atoms with Crippen molar-refractivity contribution < 1.29 is 19.4 Å². The second-order valence-electron chi connectivity index (χ2n) is 7.20. The number of nitrogens with zero attached hydrogens (tertiary/aromatic N) is 1. The Labute approximate surface area is 146 Å². The molecule has 3 aliphatic rings. The number of aromatic carboxylic acids is 1. The molecule has 0 aliphatic carbocycles. The van der Waals surface area contributed by atoms with Crippen LogP contribution in [-0.4, -0.2) is 55.4 Å². The van der Waals surface area contributed by atoms with E-state index in [0.717, 1.165) is 63.6 Å². The molecule has 0 atom stereocenters. The number of rotatable bonds is 3. The third-order valence-corrected chi connectivity index (χ3v) is 6.92. The lowest BCUT2D eigenvalue weighted by Crippen LogP contribution is -2.47. The predicted octanol–water partition coefficient (Wildman–Crippen LogP) is 2.74. The number of piperidine rings is 1. The first kappa shape index (κ1) is 16.5. The van der Waals surface area contributed by atoms with Gasteiger partial charge < -0.3 is 19.5 Å². The molecule has 2 fully saturated rings. The fraction of sp³-hybridized carbons (Fsp3) is 0.722. The lowest BCUT2D eigenvalue weighted by atomic mass is 9.82. The molecule has 0 aromatic carbocycles. The largest absolute Gasteiger partial charge is 0.477 e. The minimum absolute atomic E-state index is 0.246. The van der Waals surface area contributed by atoms with Crippen LogP contribution in [0.5, 0.6) is 0 Å². The summed E-state index contributed by atoms with van der Waals surface area (Å²) in [5.41, 5.74) is 0.908. The number of carboxylic acids is 1. The SMILES string of the molecule is O=C(O)c1cc2c(s1)CCOC21CCN(CC2CCOCC2)CC1. The molecule has 24 heavy (non-hydrogen) atoms. The highest BCUT2D eigenvalue weighted by Crippen LogP contribution is 2.44. The summed E-state index contributed by atoms with van der Waals surface area (Å²) in [5, 5.41) is 9.30. The highest BCUT2D eigenvalue weighted by molar-refractivity contribution is 7.14. The van der Waals surface area contributed by atoms with Gasteiger partial charge in [-0.1, -0.05) is 0 Å². The molecule has 2 saturated heterocycles. The van der Waals surface area contributed by atoms with E-state index in [9.17, 15) is 9.90 Å². The van der Waals surface area contributed by atoms with Gasteiger partial charge in [0, 0.05) is 44.1 Å². The maximum atomic E-state index is 11.3. The van der Waals surface area contributed by atoms with Gasteiger partial charge >= 0.3 is 5.97 Å². The molecule has 3 aliphatic heterocycles. The van der Waals surface area contributed by atoms with Crippen LogP contribution in [0.1, 0.15) is 45.8 Å². The summed E-state index contributed by atoms with van der Waals surface area (Å²) in [4.78, 5) is 15.5. The smallest absolute Gasteiger partial charge is 0.345 e. The molecule has 4 heterocycles. The van der Waals surface area contributed by atoms with E-state index in [1.165, 1.54) is 29.1 Å². The van der Waals surface area contributed by atoms with E-state index >= 15 is 0 Å². The Hall–Kier alpha value is -0.950. The topological polar surface area (TPSA) is 59.0 Å². The number of carboxylic acid groups (broad SMARTS) is 1. The Balaban J connectivity index is 1.44. The molecule has 4 rings (SSSR count). The fourth-order valence-electron chi connectivity index (χ4n) is 4.33. The fourth-order valence-corrected chi connectivity index (χ4v) is 5.40. The minimum atomic E-state index is -0.818. The Kier molecular flexibility index (Phi) is 4.64. The zero-order valence-corrected chi connectivity index (χ0v) is 14.8. The first-order valence-corrected chi connectivity index (χ1v) is 9.78. The van der Waals surface area contributed by atoms with Gasteiger partial charge in [-0.15, -0.1) is 11.3 Å². The Morgan fingerprint density at radius 3 is 2.75 bits per heavy atom. The third-order valence-electron chi connectivity index (χ3n) is 5.74. The Morgan fingerprint density at radius 2 is 2.04 bits per heavy atom. The summed E-state index contributed by atoms with van der Waals surface area (Å²) < 4.78 is 11.7. The molecule has 1 aromatic rings. The van der Waals surface area contributed by atoms with Crippen LogP contribution in [0.4, 0.5) is 0 Å². The normalized spacial score (nSPS) is 24.8. The van der Waals surface area contributed by atoms with Gasteiger partial charge in [0.05, 0.1) is 12.2 Å². The molecule has 0 radical (unpaired) electrons. The summed E-state index contributed by atoms with van der Waals surface area (Å²) in [6, 6.07) is 1.87. The minimum Gasteiger partial charge on any atom is -0.477 e. The van der Waals surface area contributed by atoms with E-state index in [1.807, 2.05) is 6.07 Å². The summed E-state index contributed by atoms with van der Waals surface area (Å²) in [5.74, 6) is -0.0584. The quantitative estimate of drug-likeness (QED) is 0.907. The lowest BCUT2D eigenvalue weighted by Gasteiger charge is -2.45. The summed E-state index contributed by atoms with van der Waals surface area (Å²) in [6.45, 7) is 5.76. The van der Waals surface area contributed by atoms with Gasteiger partial charge in [0.25, 0.3) is 0 Å². The standard InChI is InChI=1S/C18H25NO4S/c20-17(21)16-11-14-15(24-16)3-10-23-18(14)4-6-19(7-5-18)12-13-1-8-22-9-2-13/h11,13H,1-10,12H2,(H,20,21). The molecular weight excluding hydrogens is 326 g/mol. The summed E-state index contributed by atoms with van der Waals surface area (Å²) in [7, 11) is 0. The number of hydrogen-bond donors (Lipinski definition) is 1. The van der Waals surface area contributed by atoms with Gasteiger partial charge in [-0.2, -0.15) is 0 Å². The van der Waals surface area contributed by atoms with Crippen molar-refractivity contribution in [3.63, 3.8) is 0 Å². The van der Waals surface area contributed by atoms with Crippen molar-refractivity contribution in [2.75, 3.05) is 39.5 Å². The molecule has 132 valence electrons. The van der Waals surface area contributed by atoms with Gasteiger partial charge in [-0.05, 0) is 43.2 Å². The van der Waals surface area contributed by atoms with E-state index in [1.54, 1.807) is 0 Å². The van der Waals surface area contributed by atoms with Crippen LogP contribution in [0.2, 0.25) is 0 Å². The molecule has 6 heteroatoms. The highest BCUT2D eigenvalue weighted by atomic mass is 32.1. The molecule has 0 bridgehead atoms. The molecule has 0 amide bonds. The first-order chi connectivity index (χ1) is 11.7. The number of carbonyl (C=O) groups is 1. The summed E-state index contributed by atoms with van der Waals surface area (Å²) in [6.07, 6.45) is 5.14. The number of likely N-dealkylation sites (tertiary alicyclic amines) is 1. The zero-order valence-electron chi connectivity index (χ0n) is 14.0. The lowest BCUT2D eigenvalue weighted by molar-refractivity contribution is -0.0995.